The highest BCUT2D eigenvalue weighted by molar-refractivity contribution is 5.89. The number of hydrogen-bond donors (Lipinski definition) is 1. The van der Waals surface area contributed by atoms with E-state index in [4.69, 9.17) is 4.74 Å². The molecule has 3 rings (SSSR count). The van der Waals surface area contributed by atoms with Gasteiger partial charge in [-0.1, -0.05) is 36.4 Å². The monoisotopic (exact) mass is 353 g/mol. The fourth-order valence-electron chi connectivity index (χ4n) is 3.47. The highest BCUT2D eigenvalue weighted by Crippen LogP contribution is 2.30. The molecule has 1 heterocycles. The summed E-state index contributed by atoms with van der Waals surface area (Å²) in [6.07, 6.45) is 0.975. The number of benzene rings is 2. The first-order chi connectivity index (χ1) is 12.6. The summed E-state index contributed by atoms with van der Waals surface area (Å²) in [5, 5.41) is 9.37. The van der Waals surface area contributed by atoms with Crippen LogP contribution in [0.1, 0.15) is 41.6 Å². The number of ether oxygens (including phenoxy) is 1. The predicted octanol–water partition coefficient (Wildman–Crippen LogP) is 3.56. The Bertz CT molecular complexity index is 767. The summed E-state index contributed by atoms with van der Waals surface area (Å²) in [7, 11) is 0. The Balaban J connectivity index is 1.60. The average Bonchev–Trinajstić information content (AvgIpc) is 2.68. The van der Waals surface area contributed by atoms with Crippen LogP contribution in [-0.4, -0.2) is 41.1 Å². The van der Waals surface area contributed by atoms with Crippen molar-refractivity contribution in [2.24, 2.45) is 0 Å². The number of nitrogens with zero attached hydrogens (tertiary/aromatic N) is 1. The van der Waals surface area contributed by atoms with E-state index in [0.29, 0.717) is 24.4 Å². The minimum Gasteiger partial charge on any atom is -0.481 e. The summed E-state index contributed by atoms with van der Waals surface area (Å²) in [5.74, 6) is -0.0851. The van der Waals surface area contributed by atoms with Crippen LogP contribution in [-0.2, 0) is 4.79 Å². The number of carboxylic acids is 1. The van der Waals surface area contributed by atoms with Crippen molar-refractivity contribution in [3.05, 3.63) is 65.7 Å². The smallest absolute Gasteiger partial charge is 0.335 e. The number of piperidine rings is 1. The van der Waals surface area contributed by atoms with Gasteiger partial charge in [-0.25, -0.2) is 4.79 Å². The molecule has 1 atom stereocenters. The number of aromatic carboxylic acids is 1. The Morgan fingerprint density at radius 2 is 1.65 bits per heavy atom. The number of amides is 1. The second kappa shape index (κ2) is 8.04. The Morgan fingerprint density at radius 3 is 2.31 bits per heavy atom. The van der Waals surface area contributed by atoms with Crippen molar-refractivity contribution in [3.63, 3.8) is 0 Å². The van der Waals surface area contributed by atoms with Crippen LogP contribution in [0, 0.1) is 0 Å². The molecule has 1 aliphatic rings. The zero-order valence-electron chi connectivity index (χ0n) is 14.8. The van der Waals surface area contributed by atoms with Gasteiger partial charge in [0.15, 0.2) is 6.10 Å². The van der Waals surface area contributed by atoms with Crippen LogP contribution >= 0.6 is 0 Å². The molecule has 2 aromatic carbocycles. The third-order valence-electron chi connectivity index (χ3n) is 4.84. The molecule has 5 nitrogen and oxygen atoms in total. The molecule has 1 amide bonds. The Hall–Kier alpha value is -2.82. The first-order valence-electron chi connectivity index (χ1n) is 8.89. The van der Waals surface area contributed by atoms with Gasteiger partial charge in [-0.3, -0.25) is 4.79 Å². The van der Waals surface area contributed by atoms with Crippen molar-refractivity contribution in [1.29, 1.82) is 0 Å². The van der Waals surface area contributed by atoms with Crippen LogP contribution in [0.3, 0.4) is 0 Å². The number of para-hydroxylation sites is 1. The van der Waals surface area contributed by atoms with Crippen molar-refractivity contribution in [3.8, 4) is 5.75 Å². The molecule has 1 N–H and O–H groups in total. The largest absolute Gasteiger partial charge is 0.481 e. The van der Waals surface area contributed by atoms with E-state index in [-0.39, 0.29) is 11.8 Å². The normalized spacial score (nSPS) is 16.1. The fraction of sp³-hybridized carbons (Fsp3) is 0.333. The minimum absolute atomic E-state index is 0.0289. The van der Waals surface area contributed by atoms with Crippen molar-refractivity contribution in [1.82, 2.24) is 4.90 Å². The van der Waals surface area contributed by atoms with Gasteiger partial charge in [0, 0.05) is 13.1 Å². The van der Waals surface area contributed by atoms with E-state index in [0.717, 1.165) is 18.4 Å². The number of hydrogen-bond acceptors (Lipinski definition) is 3. The zero-order chi connectivity index (χ0) is 18.5. The van der Waals surface area contributed by atoms with Crippen LogP contribution in [0.5, 0.6) is 5.75 Å². The second-order valence-corrected chi connectivity index (χ2v) is 6.57. The molecule has 136 valence electrons. The first kappa shape index (κ1) is 18.0. The second-order valence-electron chi connectivity index (χ2n) is 6.57. The van der Waals surface area contributed by atoms with Crippen LogP contribution in [0.25, 0.3) is 0 Å². The van der Waals surface area contributed by atoms with Gasteiger partial charge < -0.3 is 14.7 Å². The van der Waals surface area contributed by atoms with E-state index in [1.54, 1.807) is 19.1 Å². The third-order valence-corrected chi connectivity index (χ3v) is 4.84. The van der Waals surface area contributed by atoms with Gasteiger partial charge in [0.2, 0.25) is 0 Å². The zero-order valence-corrected chi connectivity index (χ0v) is 14.8. The maximum absolute atomic E-state index is 12.6. The molecular weight excluding hydrogens is 330 g/mol. The Labute approximate surface area is 153 Å². The van der Waals surface area contributed by atoms with Crippen molar-refractivity contribution < 1.29 is 19.4 Å². The molecular formula is C21H23NO4. The molecule has 0 radical (unpaired) electrons. The molecule has 1 saturated heterocycles. The standard InChI is InChI=1S/C21H23NO4/c1-15(26-17-7-3-2-4-8-17)20(23)22-13-11-16(12-14-22)18-9-5-6-10-19(18)21(24)25/h2-10,15-16H,11-14H2,1H3,(H,24,25). The molecule has 0 aromatic heterocycles. The summed E-state index contributed by atoms with van der Waals surface area (Å²) >= 11 is 0. The van der Waals surface area contributed by atoms with Crippen LogP contribution < -0.4 is 4.74 Å². The number of likely N-dealkylation sites (tertiary alicyclic amines) is 1. The number of carboxylic acid groups (broad SMARTS) is 1. The van der Waals surface area contributed by atoms with Gasteiger partial charge in [0.1, 0.15) is 5.75 Å². The lowest BCUT2D eigenvalue weighted by atomic mass is 9.86. The van der Waals surface area contributed by atoms with Gasteiger partial charge in [-0.15, -0.1) is 0 Å². The number of rotatable bonds is 5. The van der Waals surface area contributed by atoms with Crippen LogP contribution in [0.15, 0.2) is 54.6 Å². The SMILES string of the molecule is CC(Oc1ccccc1)C(=O)N1CCC(c2ccccc2C(=O)O)CC1. The van der Waals surface area contributed by atoms with Crippen molar-refractivity contribution in [2.45, 2.75) is 31.8 Å². The lowest BCUT2D eigenvalue weighted by molar-refractivity contribution is -0.139. The van der Waals surface area contributed by atoms with Gasteiger partial charge in [-0.05, 0) is 49.4 Å². The molecule has 26 heavy (non-hydrogen) atoms. The summed E-state index contributed by atoms with van der Waals surface area (Å²) in [6.45, 7) is 2.99. The van der Waals surface area contributed by atoms with E-state index in [1.807, 2.05) is 47.4 Å². The maximum atomic E-state index is 12.6. The molecule has 1 unspecified atom stereocenters. The molecule has 1 aliphatic heterocycles. The maximum Gasteiger partial charge on any atom is 0.335 e. The number of carbonyl (C=O) groups is 2. The lowest BCUT2D eigenvalue weighted by Crippen LogP contribution is -2.44. The van der Waals surface area contributed by atoms with E-state index < -0.39 is 12.1 Å². The van der Waals surface area contributed by atoms with Gasteiger partial charge in [0.25, 0.3) is 5.91 Å². The van der Waals surface area contributed by atoms with Gasteiger partial charge >= 0.3 is 5.97 Å². The summed E-state index contributed by atoms with van der Waals surface area (Å²) in [5.41, 5.74) is 1.22. The molecule has 0 bridgehead atoms. The molecule has 5 heteroatoms. The molecule has 1 fully saturated rings. The van der Waals surface area contributed by atoms with Crippen molar-refractivity contribution in [2.75, 3.05) is 13.1 Å². The van der Waals surface area contributed by atoms with E-state index in [9.17, 15) is 14.7 Å². The third kappa shape index (κ3) is 4.04. The quantitative estimate of drug-likeness (QED) is 0.892. The van der Waals surface area contributed by atoms with Crippen molar-refractivity contribution >= 4 is 11.9 Å². The Kier molecular flexibility index (Phi) is 5.56. The van der Waals surface area contributed by atoms with E-state index in [2.05, 4.69) is 0 Å². The fourth-order valence-corrected chi connectivity index (χ4v) is 3.47. The highest BCUT2D eigenvalue weighted by atomic mass is 16.5. The Morgan fingerprint density at radius 1 is 1.04 bits per heavy atom. The van der Waals surface area contributed by atoms with Crippen LogP contribution in [0.4, 0.5) is 0 Å². The molecule has 2 aromatic rings. The van der Waals surface area contributed by atoms with E-state index in [1.165, 1.54) is 0 Å². The predicted molar refractivity (Wildman–Crippen MR) is 98.5 cm³/mol. The topological polar surface area (TPSA) is 66.8 Å². The summed E-state index contributed by atoms with van der Waals surface area (Å²) in [4.78, 5) is 25.9. The van der Waals surface area contributed by atoms with Gasteiger partial charge in [-0.2, -0.15) is 0 Å². The average molecular weight is 353 g/mol. The first-order valence-corrected chi connectivity index (χ1v) is 8.89. The van der Waals surface area contributed by atoms with Crippen LogP contribution in [0.2, 0.25) is 0 Å². The summed E-state index contributed by atoms with van der Waals surface area (Å²) < 4.78 is 5.72. The molecule has 0 spiro atoms. The highest BCUT2D eigenvalue weighted by Gasteiger charge is 2.29. The minimum atomic E-state index is -0.899. The summed E-state index contributed by atoms with van der Waals surface area (Å²) in [6, 6.07) is 16.5. The molecule has 0 saturated carbocycles. The number of carbonyl (C=O) groups excluding carboxylic acids is 1. The van der Waals surface area contributed by atoms with E-state index >= 15 is 0 Å². The molecule has 0 aliphatic carbocycles. The van der Waals surface area contributed by atoms with Gasteiger partial charge in [0.05, 0.1) is 5.56 Å². The lowest BCUT2D eigenvalue weighted by Gasteiger charge is -2.34.